The minimum absolute atomic E-state index is 0.243. The van der Waals surface area contributed by atoms with Gasteiger partial charge in [-0.3, -0.25) is 9.69 Å². The molecule has 104 valence electrons. The molecule has 1 aliphatic carbocycles. The predicted molar refractivity (Wildman–Crippen MR) is 76.5 cm³/mol. The van der Waals surface area contributed by atoms with Crippen LogP contribution < -0.4 is 0 Å². The summed E-state index contributed by atoms with van der Waals surface area (Å²) in [6.45, 7) is 0.901. The van der Waals surface area contributed by atoms with Crippen LogP contribution in [-0.4, -0.2) is 34.6 Å². The van der Waals surface area contributed by atoms with Gasteiger partial charge in [-0.15, -0.1) is 11.3 Å². The minimum Gasteiger partial charge on any atom is -0.480 e. The molecule has 1 aromatic rings. The highest BCUT2D eigenvalue weighted by Crippen LogP contribution is 2.39. The first kappa shape index (κ1) is 13.1. The molecular weight excluding hydrogens is 258 g/mol. The van der Waals surface area contributed by atoms with Crippen molar-refractivity contribution in [3.8, 4) is 0 Å². The quantitative estimate of drug-likeness (QED) is 0.921. The summed E-state index contributed by atoms with van der Waals surface area (Å²) < 4.78 is 0. The van der Waals surface area contributed by atoms with E-state index in [1.807, 2.05) is 0 Å². The maximum absolute atomic E-state index is 11.5. The number of hydrogen-bond donors (Lipinski definition) is 1. The summed E-state index contributed by atoms with van der Waals surface area (Å²) in [6.07, 6.45) is 6.83. The second-order valence-electron chi connectivity index (χ2n) is 5.77. The zero-order valence-electron chi connectivity index (χ0n) is 11.1. The van der Waals surface area contributed by atoms with Crippen molar-refractivity contribution in [1.82, 2.24) is 4.90 Å². The van der Waals surface area contributed by atoms with E-state index in [0.717, 1.165) is 19.4 Å². The monoisotopic (exact) mass is 279 g/mol. The molecule has 3 nitrogen and oxygen atoms in total. The van der Waals surface area contributed by atoms with Gasteiger partial charge in [0.15, 0.2) is 0 Å². The Morgan fingerprint density at radius 3 is 3.00 bits per heavy atom. The first-order valence-corrected chi connectivity index (χ1v) is 8.14. The first-order valence-electron chi connectivity index (χ1n) is 7.26. The molecule has 1 N–H and O–H groups in total. The number of thiophene rings is 1. The maximum atomic E-state index is 11.5. The van der Waals surface area contributed by atoms with Gasteiger partial charge in [-0.05, 0) is 43.0 Å². The molecule has 2 heterocycles. The average molecular weight is 279 g/mol. The highest BCUT2D eigenvalue weighted by molar-refractivity contribution is 7.09. The Morgan fingerprint density at radius 1 is 1.42 bits per heavy atom. The van der Waals surface area contributed by atoms with Crippen molar-refractivity contribution in [3.05, 3.63) is 22.4 Å². The van der Waals surface area contributed by atoms with Gasteiger partial charge < -0.3 is 5.11 Å². The molecule has 3 rings (SSSR count). The third kappa shape index (κ3) is 2.70. The molecular formula is C15H21NO2S. The van der Waals surface area contributed by atoms with Crippen molar-refractivity contribution in [1.29, 1.82) is 0 Å². The summed E-state index contributed by atoms with van der Waals surface area (Å²) >= 11 is 1.77. The molecule has 1 saturated carbocycles. The molecule has 0 bridgehead atoms. The lowest BCUT2D eigenvalue weighted by molar-refractivity contribution is -0.142. The number of carboxylic acid groups (broad SMARTS) is 1. The zero-order chi connectivity index (χ0) is 13.2. The standard InChI is InChI=1S/C15H21NO2S/c17-15(18)14-10-11-4-1-2-6-13(11)16(14)8-7-12-5-3-9-19-12/h3,5,9,11,13-14H,1-2,4,6-8,10H2,(H,17,18). The minimum atomic E-state index is -0.624. The molecule has 0 aromatic carbocycles. The van der Waals surface area contributed by atoms with Crippen molar-refractivity contribution < 1.29 is 9.90 Å². The Morgan fingerprint density at radius 2 is 2.26 bits per heavy atom. The maximum Gasteiger partial charge on any atom is 0.320 e. The van der Waals surface area contributed by atoms with Gasteiger partial charge in [0.1, 0.15) is 6.04 Å². The van der Waals surface area contributed by atoms with Gasteiger partial charge in [0.2, 0.25) is 0 Å². The second kappa shape index (κ2) is 5.63. The molecule has 0 amide bonds. The van der Waals surface area contributed by atoms with E-state index in [1.165, 1.54) is 30.6 Å². The Balaban J connectivity index is 1.69. The van der Waals surface area contributed by atoms with E-state index in [0.29, 0.717) is 12.0 Å². The summed E-state index contributed by atoms with van der Waals surface area (Å²) in [5.41, 5.74) is 0. The summed E-state index contributed by atoms with van der Waals surface area (Å²) in [7, 11) is 0. The normalized spacial score (nSPS) is 31.3. The largest absolute Gasteiger partial charge is 0.480 e. The number of fused-ring (bicyclic) bond motifs is 1. The van der Waals surface area contributed by atoms with Crippen molar-refractivity contribution in [2.45, 2.75) is 50.6 Å². The predicted octanol–water partition coefficient (Wildman–Crippen LogP) is 3.01. The number of aliphatic carboxylic acids is 1. The lowest BCUT2D eigenvalue weighted by atomic mass is 9.85. The molecule has 0 radical (unpaired) electrons. The highest BCUT2D eigenvalue weighted by Gasteiger charge is 2.44. The first-order chi connectivity index (χ1) is 9.25. The number of hydrogen-bond acceptors (Lipinski definition) is 3. The number of carboxylic acids is 1. The zero-order valence-corrected chi connectivity index (χ0v) is 11.9. The Hall–Kier alpha value is -0.870. The third-order valence-electron chi connectivity index (χ3n) is 4.70. The van der Waals surface area contributed by atoms with Gasteiger partial charge >= 0.3 is 5.97 Å². The van der Waals surface area contributed by atoms with Gasteiger partial charge in [0.25, 0.3) is 0 Å². The van der Waals surface area contributed by atoms with E-state index in [9.17, 15) is 9.90 Å². The summed E-state index contributed by atoms with van der Waals surface area (Å²) in [6, 6.07) is 4.50. The van der Waals surface area contributed by atoms with Crippen LogP contribution in [0, 0.1) is 5.92 Å². The SMILES string of the molecule is O=C(O)C1CC2CCCCC2N1CCc1cccs1. The smallest absolute Gasteiger partial charge is 0.320 e. The van der Waals surface area contributed by atoms with E-state index in [4.69, 9.17) is 0 Å². The van der Waals surface area contributed by atoms with Crippen LogP contribution in [0.2, 0.25) is 0 Å². The van der Waals surface area contributed by atoms with Gasteiger partial charge in [-0.2, -0.15) is 0 Å². The van der Waals surface area contributed by atoms with Gasteiger partial charge in [-0.25, -0.2) is 0 Å². The highest BCUT2D eigenvalue weighted by atomic mass is 32.1. The Labute approximate surface area is 118 Å². The number of likely N-dealkylation sites (tertiary alicyclic amines) is 1. The van der Waals surface area contributed by atoms with E-state index in [-0.39, 0.29) is 6.04 Å². The second-order valence-corrected chi connectivity index (χ2v) is 6.80. The van der Waals surface area contributed by atoms with Gasteiger partial charge in [0.05, 0.1) is 0 Å². The van der Waals surface area contributed by atoms with Crippen molar-refractivity contribution in [2.24, 2.45) is 5.92 Å². The van der Waals surface area contributed by atoms with Crippen LogP contribution in [0.3, 0.4) is 0 Å². The number of rotatable bonds is 4. The lowest BCUT2D eigenvalue weighted by Crippen LogP contribution is -2.43. The molecule has 3 atom stereocenters. The molecule has 4 heteroatoms. The van der Waals surface area contributed by atoms with Crippen LogP contribution in [0.25, 0.3) is 0 Å². The van der Waals surface area contributed by atoms with Crippen molar-refractivity contribution in [3.63, 3.8) is 0 Å². The molecule has 19 heavy (non-hydrogen) atoms. The van der Waals surface area contributed by atoms with Crippen molar-refractivity contribution >= 4 is 17.3 Å². The summed E-state index contributed by atoms with van der Waals surface area (Å²) in [5, 5.41) is 11.5. The van der Waals surface area contributed by atoms with Gasteiger partial charge in [-0.1, -0.05) is 18.9 Å². The molecule has 3 unspecified atom stereocenters. The fourth-order valence-corrected chi connectivity index (χ4v) is 4.51. The van der Waals surface area contributed by atoms with E-state index < -0.39 is 5.97 Å². The van der Waals surface area contributed by atoms with Crippen LogP contribution in [0.4, 0.5) is 0 Å². The summed E-state index contributed by atoms with van der Waals surface area (Å²) in [4.78, 5) is 15.1. The molecule has 1 aromatic heterocycles. The molecule has 1 saturated heterocycles. The van der Waals surface area contributed by atoms with Crippen LogP contribution >= 0.6 is 11.3 Å². The fourth-order valence-electron chi connectivity index (χ4n) is 3.81. The molecule has 2 aliphatic rings. The topological polar surface area (TPSA) is 40.5 Å². The average Bonchev–Trinajstić information content (AvgIpc) is 3.03. The molecule has 1 aliphatic heterocycles. The number of nitrogens with zero attached hydrogens (tertiary/aromatic N) is 1. The van der Waals surface area contributed by atoms with Crippen molar-refractivity contribution in [2.75, 3.05) is 6.54 Å². The number of carbonyl (C=O) groups is 1. The lowest BCUT2D eigenvalue weighted by Gasteiger charge is -2.32. The Bertz CT molecular complexity index is 431. The summed E-state index contributed by atoms with van der Waals surface area (Å²) in [5.74, 6) is -0.00114. The van der Waals surface area contributed by atoms with E-state index in [2.05, 4.69) is 22.4 Å². The van der Waals surface area contributed by atoms with E-state index in [1.54, 1.807) is 11.3 Å². The van der Waals surface area contributed by atoms with Crippen LogP contribution in [0.15, 0.2) is 17.5 Å². The van der Waals surface area contributed by atoms with Crippen LogP contribution in [0.1, 0.15) is 37.0 Å². The fraction of sp³-hybridized carbons (Fsp3) is 0.667. The van der Waals surface area contributed by atoms with Crippen LogP contribution in [0.5, 0.6) is 0 Å². The van der Waals surface area contributed by atoms with Gasteiger partial charge in [0, 0.05) is 17.5 Å². The van der Waals surface area contributed by atoms with Crippen LogP contribution in [-0.2, 0) is 11.2 Å². The molecule has 2 fully saturated rings. The third-order valence-corrected chi connectivity index (χ3v) is 5.64. The van der Waals surface area contributed by atoms with E-state index >= 15 is 0 Å². The Kier molecular flexibility index (Phi) is 3.89. The molecule has 0 spiro atoms.